The zero-order valence-corrected chi connectivity index (χ0v) is 16.4. The van der Waals surface area contributed by atoms with Gasteiger partial charge in [0.2, 0.25) is 0 Å². The van der Waals surface area contributed by atoms with Gasteiger partial charge in [-0.1, -0.05) is 18.2 Å². The minimum absolute atomic E-state index is 0.772. The van der Waals surface area contributed by atoms with Crippen molar-refractivity contribution < 1.29 is 4.74 Å². The SMILES string of the molecule is Cc1cccc(-c2cn3cccc(C)c3n2)c1OCCCC1CCNCC1. The second kappa shape index (κ2) is 8.13. The molecule has 3 aromatic rings. The highest BCUT2D eigenvalue weighted by atomic mass is 16.5. The lowest BCUT2D eigenvalue weighted by molar-refractivity contribution is 0.273. The van der Waals surface area contributed by atoms with Gasteiger partial charge in [-0.25, -0.2) is 4.98 Å². The number of aryl methyl sites for hydroxylation is 2. The Morgan fingerprint density at radius 2 is 1.93 bits per heavy atom. The summed E-state index contributed by atoms with van der Waals surface area (Å²) >= 11 is 0. The summed E-state index contributed by atoms with van der Waals surface area (Å²) < 4.78 is 8.37. The minimum Gasteiger partial charge on any atom is -0.493 e. The normalized spacial score (nSPS) is 15.3. The lowest BCUT2D eigenvalue weighted by Crippen LogP contribution is -2.27. The molecule has 142 valence electrons. The van der Waals surface area contributed by atoms with Gasteiger partial charge < -0.3 is 14.5 Å². The lowest BCUT2D eigenvalue weighted by Gasteiger charge is -2.22. The van der Waals surface area contributed by atoms with Gasteiger partial charge in [0, 0.05) is 18.0 Å². The maximum absolute atomic E-state index is 6.27. The number of para-hydroxylation sites is 1. The summed E-state index contributed by atoms with van der Waals surface area (Å²) in [6.45, 7) is 7.32. The van der Waals surface area contributed by atoms with E-state index in [0.29, 0.717) is 0 Å². The number of pyridine rings is 1. The molecule has 2 aromatic heterocycles. The Morgan fingerprint density at radius 1 is 1.11 bits per heavy atom. The monoisotopic (exact) mass is 363 g/mol. The van der Waals surface area contributed by atoms with Gasteiger partial charge in [0.25, 0.3) is 0 Å². The van der Waals surface area contributed by atoms with Crippen LogP contribution >= 0.6 is 0 Å². The Bertz CT molecular complexity index is 909. The number of aromatic nitrogens is 2. The Kier molecular flexibility index (Phi) is 5.44. The standard InChI is InChI=1S/C23H29N3O/c1-17-6-3-9-20(21-16-26-14-4-7-18(2)23(26)25-21)22(17)27-15-5-8-19-10-12-24-13-11-19/h3-4,6-7,9,14,16,19,24H,5,8,10-13,15H2,1-2H3. The number of fused-ring (bicyclic) bond motifs is 1. The molecule has 0 atom stereocenters. The van der Waals surface area contributed by atoms with Gasteiger partial charge in [0.1, 0.15) is 11.4 Å². The van der Waals surface area contributed by atoms with Gasteiger partial charge in [0.15, 0.2) is 0 Å². The first kappa shape index (κ1) is 18.1. The molecule has 27 heavy (non-hydrogen) atoms. The summed E-state index contributed by atoms with van der Waals surface area (Å²) in [7, 11) is 0. The van der Waals surface area contributed by atoms with Gasteiger partial charge in [-0.15, -0.1) is 0 Å². The van der Waals surface area contributed by atoms with Crippen molar-refractivity contribution in [2.45, 2.75) is 39.5 Å². The Morgan fingerprint density at radius 3 is 2.74 bits per heavy atom. The molecule has 1 saturated heterocycles. The van der Waals surface area contributed by atoms with E-state index < -0.39 is 0 Å². The van der Waals surface area contributed by atoms with Crippen molar-refractivity contribution in [3.05, 3.63) is 53.9 Å². The van der Waals surface area contributed by atoms with Crippen molar-refractivity contribution >= 4 is 5.65 Å². The molecule has 4 heteroatoms. The van der Waals surface area contributed by atoms with Crippen molar-refractivity contribution in [1.29, 1.82) is 0 Å². The third-order valence-electron chi connectivity index (χ3n) is 5.63. The molecule has 0 aliphatic carbocycles. The minimum atomic E-state index is 0.772. The second-order valence-corrected chi connectivity index (χ2v) is 7.68. The predicted octanol–water partition coefficient (Wildman–Crippen LogP) is 4.78. The van der Waals surface area contributed by atoms with Crippen molar-refractivity contribution in [1.82, 2.24) is 14.7 Å². The van der Waals surface area contributed by atoms with Crippen LogP contribution in [0.1, 0.15) is 36.8 Å². The molecule has 0 radical (unpaired) electrons. The van der Waals surface area contributed by atoms with E-state index in [1.807, 2.05) is 6.20 Å². The number of nitrogens with one attached hydrogen (secondary N) is 1. The molecule has 1 aromatic carbocycles. The largest absolute Gasteiger partial charge is 0.493 e. The van der Waals surface area contributed by atoms with E-state index in [-0.39, 0.29) is 0 Å². The number of piperidine rings is 1. The van der Waals surface area contributed by atoms with Crippen molar-refractivity contribution in [2.24, 2.45) is 5.92 Å². The molecule has 0 bridgehead atoms. The van der Waals surface area contributed by atoms with E-state index in [0.717, 1.165) is 41.6 Å². The fourth-order valence-corrected chi connectivity index (χ4v) is 4.05. The zero-order chi connectivity index (χ0) is 18.6. The summed E-state index contributed by atoms with van der Waals surface area (Å²) in [5.74, 6) is 1.83. The van der Waals surface area contributed by atoms with E-state index in [9.17, 15) is 0 Å². The molecule has 4 rings (SSSR count). The maximum Gasteiger partial charge on any atom is 0.140 e. The molecule has 1 N–H and O–H groups in total. The second-order valence-electron chi connectivity index (χ2n) is 7.68. The third-order valence-corrected chi connectivity index (χ3v) is 5.63. The molecule has 0 unspecified atom stereocenters. The molecule has 1 aliphatic rings. The molecule has 4 nitrogen and oxygen atoms in total. The average Bonchev–Trinajstić information content (AvgIpc) is 3.12. The number of hydrogen-bond acceptors (Lipinski definition) is 3. The van der Waals surface area contributed by atoms with Gasteiger partial charge in [-0.3, -0.25) is 0 Å². The maximum atomic E-state index is 6.27. The van der Waals surface area contributed by atoms with Crippen LogP contribution in [0.5, 0.6) is 5.75 Å². The number of ether oxygens (including phenoxy) is 1. The zero-order valence-electron chi connectivity index (χ0n) is 16.4. The number of imidazole rings is 1. The third kappa shape index (κ3) is 4.01. The fourth-order valence-electron chi connectivity index (χ4n) is 4.05. The lowest BCUT2D eigenvalue weighted by atomic mass is 9.93. The number of benzene rings is 1. The van der Waals surface area contributed by atoms with E-state index >= 15 is 0 Å². The number of nitrogens with zero attached hydrogens (tertiary/aromatic N) is 2. The molecule has 1 aliphatic heterocycles. The van der Waals surface area contributed by atoms with Crippen LogP contribution in [0.15, 0.2) is 42.7 Å². The smallest absolute Gasteiger partial charge is 0.140 e. The summed E-state index contributed by atoms with van der Waals surface area (Å²) in [5, 5.41) is 3.44. The number of rotatable bonds is 6. The van der Waals surface area contributed by atoms with Crippen molar-refractivity contribution in [3.8, 4) is 17.0 Å². The van der Waals surface area contributed by atoms with Crippen LogP contribution in [0.2, 0.25) is 0 Å². The first-order valence-electron chi connectivity index (χ1n) is 10.1. The van der Waals surface area contributed by atoms with Crippen LogP contribution in [0, 0.1) is 19.8 Å². The topological polar surface area (TPSA) is 38.6 Å². The average molecular weight is 364 g/mol. The van der Waals surface area contributed by atoms with E-state index in [2.05, 4.69) is 60.1 Å². The first-order chi connectivity index (χ1) is 13.2. The summed E-state index contributed by atoms with van der Waals surface area (Å²) in [6.07, 6.45) is 9.12. The molecular formula is C23H29N3O. The van der Waals surface area contributed by atoms with Crippen LogP contribution in [0.25, 0.3) is 16.9 Å². The van der Waals surface area contributed by atoms with Gasteiger partial charge in [-0.2, -0.15) is 0 Å². The summed E-state index contributed by atoms with van der Waals surface area (Å²) in [6, 6.07) is 10.5. The first-order valence-corrected chi connectivity index (χ1v) is 10.1. The Hall–Kier alpha value is -2.33. The number of hydrogen-bond donors (Lipinski definition) is 1. The van der Waals surface area contributed by atoms with Crippen LogP contribution in [0.3, 0.4) is 0 Å². The van der Waals surface area contributed by atoms with Gasteiger partial charge in [0.05, 0.1) is 12.3 Å². The Labute approximate surface area is 161 Å². The van der Waals surface area contributed by atoms with E-state index in [4.69, 9.17) is 9.72 Å². The van der Waals surface area contributed by atoms with Crippen molar-refractivity contribution in [2.75, 3.05) is 19.7 Å². The highest BCUT2D eigenvalue weighted by Crippen LogP contribution is 2.33. The quantitative estimate of drug-likeness (QED) is 0.641. The van der Waals surface area contributed by atoms with E-state index in [1.165, 1.54) is 43.5 Å². The van der Waals surface area contributed by atoms with Crippen LogP contribution < -0.4 is 10.1 Å². The van der Waals surface area contributed by atoms with Gasteiger partial charge in [-0.05, 0) is 81.8 Å². The summed E-state index contributed by atoms with van der Waals surface area (Å²) in [4.78, 5) is 4.86. The molecule has 0 amide bonds. The highest BCUT2D eigenvalue weighted by Gasteiger charge is 2.15. The Balaban J connectivity index is 1.50. The molecule has 1 fully saturated rings. The molecular weight excluding hydrogens is 334 g/mol. The van der Waals surface area contributed by atoms with E-state index in [1.54, 1.807) is 0 Å². The van der Waals surface area contributed by atoms with Crippen molar-refractivity contribution in [3.63, 3.8) is 0 Å². The summed E-state index contributed by atoms with van der Waals surface area (Å²) in [5.41, 5.74) is 5.41. The molecule has 0 spiro atoms. The van der Waals surface area contributed by atoms with Crippen LogP contribution in [-0.4, -0.2) is 29.1 Å². The molecule has 3 heterocycles. The van der Waals surface area contributed by atoms with Crippen LogP contribution in [0.4, 0.5) is 0 Å². The predicted molar refractivity (Wildman–Crippen MR) is 110 cm³/mol. The molecule has 0 saturated carbocycles. The fraction of sp³-hybridized carbons (Fsp3) is 0.435. The highest BCUT2D eigenvalue weighted by molar-refractivity contribution is 5.71. The van der Waals surface area contributed by atoms with Gasteiger partial charge >= 0.3 is 0 Å². The van der Waals surface area contributed by atoms with Crippen LogP contribution in [-0.2, 0) is 0 Å².